The molecule has 0 aliphatic heterocycles. The van der Waals surface area contributed by atoms with E-state index in [-0.39, 0.29) is 24.3 Å². The molecule has 0 aliphatic carbocycles. The van der Waals surface area contributed by atoms with Gasteiger partial charge in [-0.15, -0.1) is 5.10 Å². The maximum absolute atomic E-state index is 12.5. The van der Waals surface area contributed by atoms with Gasteiger partial charge < -0.3 is 5.32 Å². The van der Waals surface area contributed by atoms with Crippen molar-refractivity contribution in [2.24, 2.45) is 5.92 Å². The minimum absolute atomic E-state index is 0.0982. The number of nitrogens with zero attached hydrogens (tertiary/aromatic N) is 4. The van der Waals surface area contributed by atoms with Crippen LogP contribution in [-0.2, 0) is 11.2 Å². The van der Waals surface area contributed by atoms with Gasteiger partial charge in [0, 0.05) is 16.4 Å². The standard InChI is InChI=1S/C19H22ClN5O/c1-11(2)18(14-5-7-15(20)8-6-14)23-17(26)10-16-22-19-21-12(3)9-13(4)25(19)24-16/h5-9,11,18H,10H2,1-4H3,(H,23,26)/t18-/m0/s1. The third-order valence-electron chi connectivity index (χ3n) is 4.19. The maximum atomic E-state index is 12.5. The Balaban J connectivity index is 1.76. The van der Waals surface area contributed by atoms with E-state index in [0.29, 0.717) is 16.6 Å². The van der Waals surface area contributed by atoms with E-state index in [4.69, 9.17) is 11.6 Å². The van der Waals surface area contributed by atoms with Gasteiger partial charge in [-0.3, -0.25) is 4.79 Å². The van der Waals surface area contributed by atoms with Crippen LogP contribution in [0.2, 0.25) is 5.02 Å². The fourth-order valence-electron chi connectivity index (χ4n) is 2.96. The van der Waals surface area contributed by atoms with Gasteiger partial charge in [0.25, 0.3) is 5.78 Å². The molecule has 1 aromatic carbocycles. The van der Waals surface area contributed by atoms with E-state index in [0.717, 1.165) is 17.0 Å². The topological polar surface area (TPSA) is 72.2 Å². The first-order chi connectivity index (χ1) is 12.3. The molecule has 0 spiro atoms. The molecule has 3 rings (SSSR count). The molecule has 2 heterocycles. The third kappa shape index (κ3) is 4.02. The first kappa shape index (κ1) is 18.3. The van der Waals surface area contributed by atoms with E-state index < -0.39 is 0 Å². The fraction of sp³-hybridized carbons (Fsp3) is 0.368. The lowest BCUT2D eigenvalue weighted by Crippen LogP contribution is -2.33. The van der Waals surface area contributed by atoms with Crippen molar-refractivity contribution in [2.75, 3.05) is 0 Å². The Bertz CT molecular complexity index is 933. The highest BCUT2D eigenvalue weighted by atomic mass is 35.5. The van der Waals surface area contributed by atoms with Crippen molar-refractivity contribution < 1.29 is 4.79 Å². The Hall–Kier alpha value is -2.47. The van der Waals surface area contributed by atoms with Gasteiger partial charge in [-0.2, -0.15) is 4.98 Å². The van der Waals surface area contributed by atoms with Gasteiger partial charge in [0.15, 0.2) is 5.82 Å². The van der Waals surface area contributed by atoms with Crippen LogP contribution in [-0.4, -0.2) is 25.5 Å². The largest absolute Gasteiger partial charge is 0.349 e. The zero-order chi connectivity index (χ0) is 18.8. The highest BCUT2D eigenvalue weighted by molar-refractivity contribution is 6.30. The van der Waals surface area contributed by atoms with Crippen molar-refractivity contribution in [3.63, 3.8) is 0 Å². The van der Waals surface area contributed by atoms with Gasteiger partial charge in [-0.05, 0) is 43.5 Å². The number of aryl methyl sites for hydroxylation is 2. The highest BCUT2D eigenvalue weighted by Crippen LogP contribution is 2.23. The highest BCUT2D eigenvalue weighted by Gasteiger charge is 2.20. The molecule has 0 fully saturated rings. The monoisotopic (exact) mass is 371 g/mol. The number of hydrogen-bond acceptors (Lipinski definition) is 4. The Kier molecular flexibility index (Phi) is 5.23. The zero-order valence-corrected chi connectivity index (χ0v) is 16.1. The van der Waals surface area contributed by atoms with Crippen molar-refractivity contribution in [3.05, 3.63) is 58.1 Å². The normalized spacial score (nSPS) is 12.5. The second-order valence-electron chi connectivity index (χ2n) is 6.80. The summed E-state index contributed by atoms with van der Waals surface area (Å²) in [5.74, 6) is 1.09. The molecule has 6 nitrogen and oxygen atoms in total. The van der Waals surface area contributed by atoms with E-state index in [9.17, 15) is 4.79 Å². The van der Waals surface area contributed by atoms with Crippen LogP contribution < -0.4 is 5.32 Å². The predicted molar refractivity (Wildman–Crippen MR) is 101 cm³/mol. The molecule has 1 amide bonds. The molecule has 0 saturated carbocycles. The van der Waals surface area contributed by atoms with Gasteiger partial charge in [0.1, 0.15) is 0 Å². The van der Waals surface area contributed by atoms with Crippen LogP contribution in [0.5, 0.6) is 0 Å². The number of benzene rings is 1. The molecule has 3 aromatic rings. The van der Waals surface area contributed by atoms with Gasteiger partial charge in [0.05, 0.1) is 12.5 Å². The lowest BCUT2D eigenvalue weighted by Gasteiger charge is -2.22. The number of hydrogen-bond donors (Lipinski definition) is 1. The second kappa shape index (κ2) is 7.41. The number of fused-ring (bicyclic) bond motifs is 1. The lowest BCUT2D eigenvalue weighted by atomic mass is 9.96. The predicted octanol–water partition coefficient (Wildman–Crippen LogP) is 3.45. The summed E-state index contributed by atoms with van der Waals surface area (Å²) in [5, 5.41) is 8.15. The number of carbonyl (C=O) groups is 1. The number of rotatable bonds is 5. The fourth-order valence-corrected chi connectivity index (χ4v) is 3.08. The van der Waals surface area contributed by atoms with Crippen LogP contribution in [0, 0.1) is 19.8 Å². The summed E-state index contributed by atoms with van der Waals surface area (Å²) in [6.45, 7) is 7.99. The summed E-state index contributed by atoms with van der Waals surface area (Å²) in [6.07, 6.45) is 0.110. The van der Waals surface area contributed by atoms with Crippen LogP contribution in [0.3, 0.4) is 0 Å². The Morgan fingerprint density at radius 3 is 2.54 bits per heavy atom. The molecule has 0 radical (unpaired) electrons. The summed E-state index contributed by atoms with van der Waals surface area (Å²) in [6, 6.07) is 9.37. The summed E-state index contributed by atoms with van der Waals surface area (Å²) in [7, 11) is 0. The number of halogens is 1. The van der Waals surface area contributed by atoms with E-state index in [1.807, 2.05) is 44.2 Å². The number of nitrogens with one attached hydrogen (secondary N) is 1. The van der Waals surface area contributed by atoms with Crippen molar-refractivity contribution >= 4 is 23.3 Å². The molecule has 1 N–H and O–H groups in total. The van der Waals surface area contributed by atoms with Crippen molar-refractivity contribution in [1.29, 1.82) is 0 Å². The first-order valence-corrected chi connectivity index (χ1v) is 8.96. The average Bonchev–Trinajstić information content (AvgIpc) is 2.96. The lowest BCUT2D eigenvalue weighted by molar-refractivity contribution is -0.121. The van der Waals surface area contributed by atoms with Crippen LogP contribution in [0.4, 0.5) is 0 Å². The second-order valence-corrected chi connectivity index (χ2v) is 7.23. The van der Waals surface area contributed by atoms with Crippen LogP contribution in [0.25, 0.3) is 5.78 Å². The molecule has 26 heavy (non-hydrogen) atoms. The maximum Gasteiger partial charge on any atom is 0.252 e. The summed E-state index contributed by atoms with van der Waals surface area (Å²) in [5.41, 5.74) is 2.84. The number of carbonyl (C=O) groups excluding carboxylic acids is 1. The molecule has 1 atom stereocenters. The SMILES string of the molecule is Cc1cc(C)n2nc(CC(=O)N[C@H](c3ccc(Cl)cc3)C(C)C)nc2n1. The zero-order valence-electron chi connectivity index (χ0n) is 15.3. The molecule has 7 heteroatoms. The Labute approximate surface area is 157 Å². The summed E-state index contributed by atoms with van der Waals surface area (Å²) >= 11 is 5.96. The Morgan fingerprint density at radius 1 is 1.19 bits per heavy atom. The summed E-state index contributed by atoms with van der Waals surface area (Å²) < 4.78 is 1.66. The van der Waals surface area contributed by atoms with Crippen molar-refractivity contribution in [1.82, 2.24) is 24.9 Å². The molecule has 0 saturated heterocycles. The van der Waals surface area contributed by atoms with Crippen LogP contribution in [0.1, 0.15) is 42.7 Å². The van der Waals surface area contributed by atoms with E-state index in [2.05, 4.69) is 34.2 Å². The molecule has 2 aromatic heterocycles. The molecule has 0 bridgehead atoms. The first-order valence-electron chi connectivity index (χ1n) is 8.58. The van der Waals surface area contributed by atoms with Gasteiger partial charge in [-0.25, -0.2) is 9.50 Å². The van der Waals surface area contributed by atoms with Crippen LogP contribution >= 0.6 is 11.6 Å². The Morgan fingerprint density at radius 2 is 1.88 bits per heavy atom. The molecular formula is C19H22ClN5O. The average molecular weight is 372 g/mol. The van der Waals surface area contributed by atoms with Gasteiger partial charge >= 0.3 is 0 Å². The van der Waals surface area contributed by atoms with Gasteiger partial charge in [0.2, 0.25) is 5.91 Å². The van der Waals surface area contributed by atoms with E-state index >= 15 is 0 Å². The number of amides is 1. The molecular weight excluding hydrogens is 350 g/mol. The summed E-state index contributed by atoms with van der Waals surface area (Å²) in [4.78, 5) is 21.3. The van der Waals surface area contributed by atoms with E-state index in [1.165, 1.54) is 0 Å². The minimum atomic E-state index is -0.121. The van der Waals surface area contributed by atoms with Crippen molar-refractivity contribution in [2.45, 2.75) is 40.2 Å². The molecule has 136 valence electrons. The molecule has 0 aliphatic rings. The van der Waals surface area contributed by atoms with E-state index in [1.54, 1.807) is 4.52 Å². The smallest absolute Gasteiger partial charge is 0.252 e. The van der Waals surface area contributed by atoms with Crippen LogP contribution in [0.15, 0.2) is 30.3 Å². The van der Waals surface area contributed by atoms with Gasteiger partial charge in [-0.1, -0.05) is 37.6 Å². The third-order valence-corrected chi connectivity index (χ3v) is 4.45. The molecule has 0 unspecified atom stereocenters. The van der Waals surface area contributed by atoms with Crippen molar-refractivity contribution in [3.8, 4) is 0 Å². The number of aromatic nitrogens is 4. The minimum Gasteiger partial charge on any atom is -0.349 e. The quantitative estimate of drug-likeness (QED) is 0.745.